The molecule has 0 saturated heterocycles. The average molecular weight is 242 g/mol. The topological polar surface area (TPSA) is 120 Å². The van der Waals surface area contributed by atoms with E-state index in [0.717, 1.165) is 0 Å². The molecule has 17 heavy (non-hydrogen) atoms. The fraction of sp³-hybridized carbons (Fsp3) is 0.556. The van der Waals surface area contributed by atoms with E-state index in [9.17, 15) is 9.59 Å². The van der Waals surface area contributed by atoms with E-state index in [2.05, 4.69) is 10.3 Å². The van der Waals surface area contributed by atoms with Crippen LogP contribution in [0.2, 0.25) is 0 Å². The Hall–Kier alpha value is -1.96. The smallest absolute Gasteiger partial charge is 0.358 e. The van der Waals surface area contributed by atoms with Crippen LogP contribution in [0, 0.1) is 0 Å². The average Bonchev–Trinajstić information content (AvgIpc) is 2.66. The number of nitrogens with two attached hydrogens (primary N) is 1. The van der Waals surface area contributed by atoms with Gasteiger partial charge in [0, 0.05) is 20.0 Å². The summed E-state index contributed by atoms with van der Waals surface area (Å²) >= 11 is 0. The van der Waals surface area contributed by atoms with Crippen molar-refractivity contribution in [3.8, 4) is 0 Å². The lowest BCUT2D eigenvalue weighted by Gasteiger charge is -2.05. The molecule has 0 aromatic carbocycles. The zero-order valence-electron chi connectivity index (χ0n) is 9.42. The van der Waals surface area contributed by atoms with Crippen molar-refractivity contribution >= 4 is 11.9 Å². The van der Waals surface area contributed by atoms with Crippen LogP contribution in [-0.4, -0.2) is 45.7 Å². The van der Waals surface area contributed by atoms with Crippen LogP contribution in [0.25, 0.3) is 0 Å². The monoisotopic (exact) mass is 242 g/mol. The van der Waals surface area contributed by atoms with Gasteiger partial charge in [0.25, 0.3) is 0 Å². The predicted molar refractivity (Wildman–Crippen MR) is 56.4 cm³/mol. The highest BCUT2D eigenvalue weighted by Gasteiger charge is 2.18. The van der Waals surface area contributed by atoms with Crippen molar-refractivity contribution in [2.24, 2.45) is 5.73 Å². The second kappa shape index (κ2) is 5.94. The highest BCUT2D eigenvalue weighted by atomic mass is 16.5. The largest absolute Gasteiger partial charge is 0.476 e. The fourth-order valence-corrected chi connectivity index (χ4v) is 1.34. The molecule has 0 aliphatic carbocycles. The molecule has 0 saturated carbocycles. The van der Waals surface area contributed by atoms with Crippen molar-refractivity contribution in [3.63, 3.8) is 0 Å². The second-order valence-corrected chi connectivity index (χ2v) is 3.37. The number of aromatic carboxylic acids is 1. The van der Waals surface area contributed by atoms with Crippen LogP contribution in [-0.2, 0) is 22.5 Å². The lowest BCUT2D eigenvalue weighted by molar-refractivity contribution is -0.118. The summed E-state index contributed by atoms with van der Waals surface area (Å²) in [6.45, 7) is 0.568. The van der Waals surface area contributed by atoms with Crippen molar-refractivity contribution in [3.05, 3.63) is 11.4 Å². The van der Waals surface area contributed by atoms with Gasteiger partial charge in [-0.05, 0) is 0 Å². The van der Waals surface area contributed by atoms with Gasteiger partial charge in [0.2, 0.25) is 5.91 Å². The number of carbonyl (C=O) groups is 2. The summed E-state index contributed by atoms with van der Waals surface area (Å²) in [7, 11) is 1.51. The molecule has 1 aromatic heterocycles. The Kier molecular flexibility index (Phi) is 4.58. The molecule has 8 nitrogen and oxygen atoms in total. The first-order valence-electron chi connectivity index (χ1n) is 4.99. The minimum atomic E-state index is -1.15. The Morgan fingerprint density at radius 2 is 2.24 bits per heavy atom. The van der Waals surface area contributed by atoms with Crippen molar-refractivity contribution in [2.45, 2.75) is 19.4 Å². The van der Waals surface area contributed by atoms with Crippen LogP contribution >= 0.6 is 0 Å². The van der Waals surface area contributed by atoms with Gasteiger partial charge in [-0.15, -0.1) is 5.10 Å². The molecule has 0 aliphatic rings. The van der Waals surface area contributed by atoms with Crippen molar-refractivity contribution in [1.82, 2.24) is 15.0 Å². The van der Waals surface area contributed by atoms with Gasteiger partial charge in [-0.2, -0.15) is 0 Å². The third-order valence-corrected chi connectivity index (χ3v) is 2.15. The molecule has 0 bridgehead atoms. The zero-order valence-corrected chi connectivity index (χ0v) is 9.42. The Balaban J connectivity index is 2.87. The van der Waals surface area contributed by atoms with Gasteiger partial charge in [-0.3, -0.25) is 4.79 Å². The van der Waals surface area contributed by atoms with E-state index >= 15 is 0 Å². The molecule has 1 amide bonds. The molecule has 1 heterocycles. The fourth-order valence-electron chi connectivity index (χ4n) is 1.34. The van der Waals surface area contributed by atoms with Crippen molar-refractivity contribution in [1.29, 1.82) is 0 Å². The SMILES string of the molecule is COCCc1c(C(=O)O)nnn1CCC(N)=O. The number of carbonyl (C=O) groups excluding carboxylic acids is 1. The Bertz CT molecular complexity index is 415. The van der Waals surface area contributed by atoms with Gasteiger partial charge < -0.3 is 15.6 Å². The highest BCUT2D eigenvalue weighted by Crippen LogP contribution is 2.07. The third kappa shape index (κ3) is 3.52. The summed E-state index contributed by atoms with van der Waals surface area (Å²) in [6.07, 6.45) is 0.451. The van der Waals surface area contributed by atoms with Crippen LogP contribution in [0.15, 0.2) is 0 Å². The van der Waals surface area contributed by atoms with Crippen molar-refractivity contribution in [2.75, 3.05) is 13.7 Å². The Morgan fingerprint density at radius 3 is 2.76 bits per heavy atom. The molecule has 0 unspecified atom stereocenters. The number of aryl methyl sites for hydroxylation is 1. The molecule has 8 heteroatoms. The molecule has 0 aliphatic heterocycles. The van der Waals surface area contributed by atoms with Gasteiger partial charge in [-0.25, -0.2) is 9.48 Å². The summed E-state index contributed by atoms with van der Waals surface area (Å²) in [5.74, 6) is -1.63. The summed E-state index contributed by atoms with van der Waals surface area (Å²) in [6, 6.07) is 0. The molecule has 0 spiro atoms. The first kappa shape index (κ1) is 13.1. The van der Waals surface area contributed by atoms with E-state index in [0.29, 0.717) is 18.7 Å². The molecule has 94 valence electrons. The van der Waals surface area contributed by atoms with Gasteiger partial charge in [0.15, 0.2) is 5.69 Å². The maximum Gasteiger partial charge on any atom is 0.358 e. The molecule has 1 rings (SSSR count). The lowest BCUT2D eigenvalue weighted by atomic mass is 10.2. The van der Waals surface area contributed by atoms with Gasteiger partial charge in [0.1, 0.15) is 0 Å². The van der Waals surface area contributed by atoms with Gasteiger partial charge in [0.05, 0.1) is 18.8 Å². The number of aromatic nitrogens is 3. The number of ether oxygens (including phenoxy) is 1. The number of rotatable bonds is 7. The predicted octanol–water partition coefficient (Wildman–Crippen LogP) is -0.959. The van der Waals surface area contributed by atoms with E-state index in [-0.39, 0.29) is 18.7 Å². The third-order valence-electron chi connectivity index (χ3n) is 2.15. The zero-order chi connectivity index (χ0) is 12.8. The normalized spacial score (nSPS) is 10.4. The summed E-state index contributed by atoms with van der Waals surface area (Å²) in [5, 5.41) is 16.1. The van der Waals surface area contributed by atoms with E-state index in [1.165, 1.54) is 11.8 Å². The molecular formula is C9H14N4O4. The lowest BCUT2D eigenvalue weighted by Crippen LogP contribution is -2.17. The number of primary amides is 1. The van der Waals surface area contributed by atoms with Crippen LogP contribution in [0.5, 0.6) is 0 Å². The number of amides is 1. The number of carboxylic acid groups (broad SMARTS) is 1. The van der Waals surface area contributed by atoms with E-state index < -0.39 is 11.9 Å². The molecule has 3 N–H and O–H groups in total. The Labute approximate surface area is 97.4 Å². The Morgan fingerprint density at radius 1 is 1.53 bits per heavy atom. The molecule has 0 atom stereocenters. The van der Waals surface area contributed by atoms with E-state index in [1.54, 1.807) is 0 Å². The molecule has 1 aromatic rings. The van der Waals surface area contributed by atoms with Crippen LogP contribution in [0.3, 0.4) is 0 Å². The standard InChI is InChI=1S/C9H14N4O4/c1-17-5-3-6-8(9(15)16)11-12-13(6)4-2-7(10)14/h2-5H2,1H3,(H2,10,14)(H,15,16). The summed E-state index contributed by atoms with van der Waals surface area (Å²) < 4.78 is 6.25. The number of hydrogen-bond donors (Lipinski definition) is 2. The van der Waals surface area contributed by atoms with Crippen LogP contribution < -0.4 is 5.73 Å². The molecule has 0 radical (unpaired) electrons. The first-order chi connectivity index (χ1) is 8.06. The van der Waals surface area contributed by atoms with E-state index in [4.69, 9.17) is 15.6 Å². The molecular weight excluding hydrogens is 228 g/mol. The number of hydrogen-bond acceptors (Lipinski definition) is 5. The van der Waals surface area contributed by atoms with Crippen LogP contribution in [0.1, 0.15) is 22.6 Å². The number of nitrogens with zero attached hydrogens (tertiary/aromatic N) is 3. The minimum Gasteiger partial charge on any atom is -0.476 e. The highest BCUT2D eigenvalue weighted by molar-refractivity contribution is 5.86. The number of methoxy groups -OCH3 is 1. The summed E-state index contributed by atoms with van der Waals surface area (Å²) in [5.41, 5.74) is 5.33. The van der Waals surface area contributed by atoms with Gasteiger partial charge in [-0.1, -0.05) is 5.21 Å². The molecule has 0 fully saturated rings. The maximum absolute atomic E-state index is 10.9. The quantitative estimate of drug-likeness (QED) is 0.635. The van der Waals surface area contributed by atoms with E-state index in [1.807, 2.05) is 0 Å². The second-order valence-electron chi connectivity index (χ2n) is 3.37. The van der Waals surface area contributed by atoms with Crippen LogP contribution in [0.4, 0.5) is 0 Å². The minimum absolute atomic E-state index is 0.0857. The first-order valence-corrected chi connectivity index (χ1v) is 4.99. The maximum atomic E-state index is 10.9. The number of carboxylic acids is 1. The summed E-state index contributed by atoms with van der Waals surface area (Å²) in [4.78, 5) is 21.5. The van der Waals surface area contributed by atoms with Crippen molar-refractivity contribution < 1.29 is 19.4 Å². The van der Waals surface area contributed by atoms with Gasteiger partial charge >= 0.3 is 5.97 Å².